The first-order valence-corrected chi connectivity index (χ1v) is 11.1. The van der Waals surface area contributed by atoms with Crippen molar-refractivity contribution in [3.63, 3.8) is 0 Å². The van der Waals surface area contributed by atoms with Crippen molar-refractivity contribution < 1.29 is 9.53 Å². The van der Waals surface area contributed by atoms with Crippen LogP contribution in [0.3, 0.4) is 0 Å². The van der Waals surface area contributed by atoms with Crippen LogP contribution in [0, 0.1) is 5.92 Å². The van der Waals surface area contributed by atoms with Crippen molar-refractivity contribution in [3.05, 3.63) is 28.6 Å². The van der Waals surface area contributed by atoms with Gasteiger partial charge in [-0.25, -0.2) is 15.0 Å². The zero-order valence-corrected chi connectivity index (χ0v) is 17.7. The molecule has 2 aromatic heterocycles. The lowest BCUT2D eigenvalue weighted by molar-refractivity contribution is -0.0466. The number of nitrogens with two attached hydrogens (primary N) is 1. The molecule has 0 aromatic carbocycles. The van der Waals surface area contributed by atoms with E-state index in [4.69, 9.17) is 15.5 Å². The third-order valence-corrected chi connectivity index (χ3v) is 7.13. The fourth-order valence-electron chi connectivity index (χ4n) is 3.53. The molecule has 0 unspecified atom stereocenters. The van der Waals surface area contributed by atoms with Crippen molar-refractivity contribution in [2.45, 2.75) is 44.9 Å². The minimum absolute atomic E-state index is 0.198. The Hall–Kier alpha value is -1.91. The van der Waals surface area contributed by atoms with Crippen LogP contribution in [0.2, 0.25) is 0 Å². The quantitative estimate of drug-likeness (QED) is 0.787. The topological polar surface area (TPSA) is 107 Å². The molecule has 150 valence electrons. The molecule has 2 aliphatic rings. The van der Waals surface area contributed by atoms with E-state index in [0.717, 1.165) is 17.2 Å². The number of thioether (sulfide) groups is 1. The van der Waals surface area contributed by atoms with Gasteiger partial charge < -0.3 is 20.4 Å². The van der Waals surface area contributed by atoms with Gasteiger partial charge in [0.05, 0.1) is 19.0 Å². The summed E-state index contributed by atoms with van der Waals surface area (Å²) in [5, 5.41) is 6.07. The number of nitrogens with one attached hydrogen (secondary N) is 1. The molecule has 0 spiro atoms. The SMILES string of the molecule is CC(C)n1cnc(C(=O)Nc2csc([C@]34CO[C@@H](C)C[C@H]3CSC(N)=N4)n2)c1. The van der Waals surface area contributed by atoms with Gasteiger partial charge in [0.25, 0.3) is 5.91 Å². The number of fused-ring (bicyclic) bond motifs is 1. The van der Waals surface area contributed by atoms with Gasteiger partial charge in [0.1, 0.15) is 22.1 Å². The van der Waals surface area contributed by atoms with Gasteiger partial charge in [0, 0.05) is 29.3 Å². The smallest absolute Gasteiger partial charge is 0.277 e. The van der Waals surface area contributed by atoms with Gasteiger partial charge in [-0.05, 0) is 27.2 Å². The highest BCUT2D eigenvalue weighted by Crippen LogP contribution is 2.47. The number of hydrogen-bond donors (Lipinski definition) is 2. The number of amidine groups is 1. The van der Waals surface area contributed by atoms with Gasteiger partial charge in [-0.2, -0.15) is 0 Å². The fraction of sp³-hybridized carbons (Fsp3) is 0.556. The molecule has 8 nitrogen and oxygen atoms in total. The van der Waals surface area contributed by atoms with E-state index >= 15 is 0 Å². The van der Waals surface area contributed by atoms with Crippen LogP contribution in [0.4, 0.5) is 5.82 Å². The van der Waals surface area contributed by atoms with Crippen LogP contribution in [-0.4, -0.2) is 44.1 Å². The molecule has 1 fully saturated rings. The van der Waals surface area contributed by atoms with E-state index in [0.29, 0.717) is 29.2 Å². The van der Waals surface area contributed by atoms with E-state index in [1.807, 2.05) is 23.8 Å². The van der Waals surface area contributed by atoms with Crippen molar-refractivity contribution in [2.24, 2.45) is 16.6 Å². The Morgan fingerprint density at radius 3 is 3.07 bits per heavy atom. The number of imidazole rings is 1. The highest BCUT2D eigenvalue weighted by molar-refractivity contribution is 8.13. The normalized spacial score (nSPS) is 27.4. The number of carbonyl (C=O) groups excluding carboxylic acids is 1. The van der Waals surface area contributed by atoms with Crippen LogP contribution in [-0.2, 0) is 10.3 Å². The van der Waals surface area contributed by atoms with Crippen LogP contribution in [0.25, 0.3) is 0 Å². The Bertz CT molecular complexity index is 908. The first kappa shape index (κ1) is 19.4. The summed E-state index contributed by atoms with van der Waals surface area (Å²) in [6.45, 7) is 6.61. The Morgan fingerprint density at radius 1 is 1.50 bits per heavy atom. The second-order valence-electron chi connectivity index (χ2n) is 7.53. The molecule has 1 saturated heterocycles. The molecule has 28 heavy (non-hydrogen) atoms. The minimum atomic E-state index is -0.561. The predicted molar refractivity (Wildman–Crippen MR) is 112 cm³/mol. The lowest BCUT2D eigenvalue weighted by Gasteiger charge is -2.44. The Morgan fingerprint density at radius 2 is 2.32 bits per heavy atom. The van der Waals surface area contributed by atoms with Crippen molar-refractivity contribution in [2.75, 3.05) is 17.7 Å². The monoisotopic (exact) mass is 420 g/mol. The highest BCUT2D eigenvalue weighted by Gasteiger charge is 2.49. The standard InChI is InChI=1S/C18H24N6O2S2/c1-10(2)24-5-13(20-9-24)15(25)21-14-7-27-16(22-14)18-8-26-11(3)4-12(18)6-28-17(19)23-18/h5,7,9-12H,4,6,8H2,1-3H3,(H2,19,23)(H,21,25)/t11-,12-,18-/m0/s1. The predicted octanol–water partition coefficient (Wildman–Crippen LogP) is 2.85. The second-order valence-corrected chi connectivity index (χ2v) is 9.43. The van der Waals surface area contributed by atoms with Gasteiger partial charge in [-0.1, -0.05) is 11.8 Å². The summed E-state index contributed by atoms with van der Waals surface area (Å²) in [5.74, 6) is 1.44. The maximum Gasteiger partial charge on any atom is 0.277 e. The van der Waals surface area contributed by atoms with E-state index in [2.05, 4.69) is 22.2 Å². The van der Waals surface area contributed by atoms with Gasteiger partial charge in [0.2, 0.25) is 0 Å². The number of carbonyl (C=O) groups is 1. The average Bonchev–Trinajstić information content (AvgIpc) is 3.32. The van der Waals surface area contributed by atoms with E-state index in [1.165, 1.54) is 11.3 Å². The van der Waals surface area contributed by atoms with Crippen LogP contribution >= 0.6 is 23.1 Å². The molecule has 4 rings (SSSR count). The van der Waals surface area contributed by atoms with Crippen molar-refractivity contribution >= 4 is 40.0 Å². The molecule has 10 heteroatoms. The number of aromatic nitrogens is 3. The number of rotatable bonds is 4. The van der Waals surface area contributed by atoms with Crippen molar-refractivity contribution in [3.8, 4) is 0 Å². The van der Waals surface area contributed by atoms with Crippen LogP contribution in [0.5, 0.6) is 0 Å². The summed E-state index contributed by atoms with van der Waals surface area (Å²) in [5.41, 5.74) is 5.85. The lowest BCUT2D eigenvalue weighted by atomic mass is 9.80. The zero-order chi connectivity index (χ0) is 19.9. The van der Waals surface area contributed by atoms with E-state index in [-0.39, 0.29) is 18.1 Å². The number of thiazole rings is 1. The summed E-state index contributed by atoms with van der Waals surface area (Å²) in [7, 11) is 0. The molecule has 0 aliphatic carbocycles. The van der Waals surface area contributed by atoms with E-state index in [1.54, 1.807) is 24.3 Å². The van der Waals surface area contributed by atoms with Crippen molar-refractivity contribution in [1.82, 2.24) is 14.5 Å². The first-order valence-electron chi connectivity index (χ1n) is 9.28. The molecule has 3 N–H and O–H groups in total. The Labute approximate surface area is 172 Å². The number of hydrogen-bond acceptors (Lipinski definition) is 8. The number of nitrogens with zero attached hydrogens (tertiary/aromatic N) is 4. The van der Waals surface area contributed by atoms with Gasteiger partial charge in [0.15, 0.2) is 5.17 Å². The number of aliphatic imine (C=N–C) groups is 1. The summed E-state index contributed by atoms with van der Waals surface area (Å²) >= 11 is 3.07. The van der Waals surface area contributed by atoms with Crippen molar-refractivity contribution in [1.29, 1.82) is 0 Å². The van der Waals surface area contributed by atoms with Gasteiger partial charge >= 0.3 is 0 Å². The molecule has 0 radical (unpaired) electrons. The van der Waals surface area contributed by atoms with Gasteiger partial charge in [-0.3, -0.25) is 4.79 Å². The van der Waals surface area contributed by atoms with E-state index < -0.39 is 5.54 Å². The van der Waals surface area contributed by atoms with Crippen LogP contribution in [0.15, 0.2) is 22.9 Å². The van der Waals surface area contributed by atoms with E-state index in [9.17, 15) is 4.79 Å². The Kier molecular flexibility index (Phi) is 5.19. The highest BCUT2D eigenvalue weighted by atomic mass is 32.2. The largest absolute Gasteiger partial charge is 0.379 e. The maximum absolute atomic E-state index is 12.5. The number of anilines is 1. The van der Waals surface area contributed by atoms with Crippen LogP contribution < -0.4 is 11.1 Å². The third-order valence-electron chi connectivity index (χ3n) is 5.17. The van der Waals surface area contributed by atoms with Gasteiger partial charge in [-0.15, -0.1) is 11.3 Å². The lowest BCUT2D eigenvalue weighted by Crippen LogP contribution is -2.49. The number of amides is 1. The summed E-state index contributed by atoms with van der Waals surface area (Å²) in [6, 6.07) is 0.247. The third kappa shape index (κ3) is 3.56. The molecule has 4 heterocycles. The van der Waals surface area contributed by atoms with Crippen LogP contribution in [0.1, 0.15) is 48.7 Å². The fourth-order valence-corrected chi connectivity index (χ4v) is 5.50. The second kappa shape index (κ2) is 7.49. The Balaban J connectivity index is 1.56. The average molecular weight is 421 g/mol. The molecule has 3 atom stereocenters. The molecular formula is C18H24N6O2S2. The molecule has 2 aliphatic heterocycles. The summed E-state index contributed by atoms with van der Waals surface area (Å²) in [4.78, 5) is 26.1. The summed E-state index contributed by atoms with van der Waals surface area (Å²) < 4.78 is 7.82. The molecular weight excluding hydrogens is 396 g/mol. The molecule has 0 bridgehead atoms. The zero-order valence-electron chi connectivity index (χ0n) is 16.1. The minimum Gasteiger partial charge on any atom is -0.379 e. The molecule has 0 saturated carbocycles. The summed E-state index contributed by atoms with van der Waals surface area (Å²) in [6.07, 6.45) is 4.51. The number of ether oxygens (including phenoxy) is 1. The molecule has 1 amide bonds. The first-order chi connectivity index (χ1) is 13.4. The maximum atomic E-state index is 12.5. The molecule has 2 aromatic rings.